The minimum absolute atomic E-state index is 0.0151. The second kappa shape index (κ2) is 20.8. The maximum Gasteiger partial charge on any atom is 0.240 e. The van der Waals surface area contributed by atoms with Gasteiger partial charge in [0.2, 0.25) is 26.9 Å². The van der Waals surface area contributed by atoms with Crippen molar-refractivity contribution in [3.05, 3.63) is 338 Å². The van der Waals surface area contributed by atoms with Crippen molar-refractivity contribution in [2.24, 2.45) is 0 Å². The highest BCUT2D eigenvalue weighted by Crippen LogP contribution is 2.63. The fourth-order valence-corrected chi connectivity index (χ4v) is 18.3. The van der Waals surface area contributed by atoms with Crippen LogP contribution in [0.4, 0.5) is 0 Å². The Morgan fingerprint density at radius 1 is 0.263 bits per heavy atom. The number of nitrogens with zero attached hydrogens (tertiary/aromatic N) is 2. The monoisotopic (exact) mass is 1210 g/mol. The molecular formula is C87H58B4N2O2. The number of methoxy groups -OCH3 is 2. The normalized spacial score (nSPS) is 14.6. The summed E-state index contributed by atoms with van der Waals surface area (Å²) in [4.78, 5) is 0. The van der Waals surface area contributed by atoms with Gasteiger partial charge in [-0.1, -0.05) is 308 Å². The number of aromatic nitrogens is 2. The minimum Gasteiger partial charge on any atom is -0.497 e. The lowest BCUT2D eigenvalue weighted by Gasteiger charge is -2.36. The summed E-state index contributed by atoms with van der Waals surface area (Å²) >= 11 is 0. The van der Waals surface area contributed by atoms with Crippen LogP contribution in [0.3, 0.4) is 0 Å². The fourth-order valence-electron chi connectivity index (χ4n) is 18.3. The lowest BCUT2D eigenvalue weighted by Crippen LogP contribution is -2.75. The minimum atomic E-state index is -0.792. The molecule has 2 aliphatic heterocycles. The van der Waals surface area contributed by atoms with Crippen molar-refractivity contribution in [2.75, 3.05) is 14.2 Å². The first-order valence-electron chi connectivity index (χ1n) is 33.3. The van der Waals surface area contributed by atoms with Crippen molar-refractivity contribution in [1.29, 1.82) is 0 Å². The molecule has 1 atom stereocenters. The standard InChI is InChI=1S/C87H58B4N2O2/c1-94-61-41-49-81-65(53-61)66-54-62(95-2)42-50-82(66)93(81)60-40-44-70-68(52-60)84-72(46-48-78-86(84)91(58-29-13-6-14-30-58)76-36-20-18-34-74(76)89(78)56-25-9-4-10-26-56)87(70)69-43-39-59(92-79-37-21-15-31-63(79)64-32-16-22-38-80(64)92)51-67(69)83-71(87)45-47-77-85(83)90(57-27-11-5-12-28-57)75-35-19-17-33-73(75)88(77)55-23-7-3-8-24-55/h3-54H,1-2H3. The molecule has 1 unspecified atom stereocenters. The molecule has 0 radical (unpaired) electrons. The van der Waals surface area contributed by atoms with Gasteiger partial charge < -0.3 is 18.6 Å². The number of ether oxygens (including phenoxy) is 2. The Morgan fingerprint density at radius 2 is 0.589 bits per heavy atom. The van der Waals surface area contributed by atoms with Gasteiger partial charge in [-0.3, -0.25) is 0 Å². The van der Waals surface area contributed by atoms with E-state index in [9.17, 15) is 0 Å². The van der Waals surface area contributed by atoms with Crippen LogP contribution in [-0.4, -0.2) is 50.2 Å². The van der Waals surface area contributed by atoms with E-state index in [1.54, 1.807) is 14.2 Å². The number of hydrogen-bond acceptors (Lipinski definition) is 2. The molecule has 0 saturated carbocycles. The van der Waals surface area contributed by atoms with E-state index in [0.29, 0.717) is 0 Å². The van der Waals surface area contributed by atoms with E-state index in [1.807, 2.05) is 0 Å². The van der Waals surface area contributed by atoms with Gasteiger partial charge in [0.25, 0.3) is 0 Å². The zero-order valence-corrected chi connectivity index (χ0v) is 52.5. The van der Waals surface area contributed by atoms with Gasteiger partial charge in [-0.15, -0.1) is 0 Å². The van der Waals surface area contributed by atoms with Crippen LogP contribution >= 0.6 is 0 Å². The summed E-state index contributed by atoms with van der Waals surface area (Å²) in [7, 11) is 3.50. The number of benzene rings is 14. The van der Waals surface area contributed by atoms with Gasteiger partial charge in [0.05, 0.1) is 41.7 Å². The van der Waals surface area contributed by atoms with E-state index in [2.05, 4.69) is 325 Å². The zero-order valence-electron chi connectivity index (χ0n) is 52.5. The summed E-state index contributed by atoms with van der Waals surface area (Å²) in [5.74, 6) is 1.62. The van der Waals surface area contributed by atoms with Gasteiger partial charge in [0, 0.05) is 32.9 Å². The molecule has 4 nitrogen and oxygen atoms in total. The van der Waals surface area contributed by atoms with Crippen LogP contribution in [0.25, 0.3) is 77.2 Å². The van der Waals surface area contributed by atoms with Gasteiger partial charge in [-0.05, 0) is 117 Å². The van der Waals surface area contributed by atoms with E-state index >= 15 is 0 Å². The highest BCUT2D eigenvalue weighted by Gasteiger charge is 2.56. The number of hydrogen-bond donors (Lipinski definition) is 0. The lowest BCUT2D eigenvalue weighted by molar-refractivity contribution is 0.415. The maximum absolute atomic E-state index is 5.95. The number of fused-ring (bicyclic) bond motifs is 22. The third kappa shape index (κ3) is 7.54. The first kappa shape index (κ1) is 54.1. The zero-order chi connectivity index (χ0) is 62.6. The summed E-state index contributed by atoms with van der Waals surface area (Å²) in [5, 5.41) is 4.69. The van der Waals surface area contributed by atoms with Crippen LogP contribution in [0.5, 0.6) is 11.5 Å². The molecule has 16 aromatic rings. The summed E-state index contributed by atoms with van der Waals surface area (Å²) in [6.45, 7) is -0.215. The Morgan fingerprint density at radius 3 is 0.979 bits per heavy atom. The molecule has 0 fully saturated rings. The first-order valence-corrected chi connectivity index (χ1v) is 33.3. The van der Waals surface area contributed by atoms with E-state index in [-0.39, 0.29) is 26.9 Å². The Hall–Kier alpha value is -11.5. The third-order valence-corrected chi connectivity index (χ3v) is 22.0. The molecule has 2 aromatic heterocycles. The largest absolute Gasteiger partial charge is 0.497 e. The summed E-state index contributed by atoms with van der Waals surface area (Å²) in [5.41, 5.74) is 32.3. The third-order valence-electron chi connectivity index (χ3n) is 22.0. The summed E-state index contributed by atoms with van der Waals surface area (Å²) in [6, 6.07) is 120. The van der Waals surface area contributed by atoms with Crippen LogP contribution in [0.2, 0.25) is 0 Å². The van der Waals surface area contributed by atoms with E-state index in [4.69, 9.17) is 9.47 Å². The summed E-state index contributed by atoms with van der Waals surface area (Å²) in [6.07, 6.45) is 0. The molecule has 0 bridgehead atoms. The predicted octanol–water partition coefficient (Wildman–Crippen LogP) is 10.9. The van der Waals surface area contributed by atoms with Crippen molar-refractivity contribution in [3.63, 3.8) is 0 Å². The van der Waals surface area contributed by atoms with Crippen molar-refractivity contribution in [1.82, 2.24) is 9.13 Å². The Bertz CT molecular complexity index is 5750. The van der Waals surface area contributed by atoms with Crippen LogP contribution in [-0.2, 0) is 5.41 Å². The molecular weight excluding hydrogens is 1150 g/mol. The van der Waals surface area contributed by atoms with Crippen molar-refractivity contribution < 1.29 is 9.47 Å². The van der Waals surface area contributed by atoms with Crippen molar-refractivity contribution in [2.45, 2.75) is 5.41 Å². The molecule has 1 spiro atoms. The molecule has 440 valence electrons. The molecule has 4 aliphatic rings. The highest BCUT2D eigenvalue weighted by molar-refractivity contribution is 7.12. The van der Waals surface area contributed by atoms with Crippen LogP contribution in [0.1, 0.15) is 22.3 Å². The molecule has 95 heavy (non-hydrogen) atoms. The Balaban J connectivity index is 0.962. The number of para-hydroxylation sites is 2. The second-order valence-corrected chi connectivity index (χ2v) is 26.3. The van der Waals surface area contributed by atoms with Gasteiger partial charge >= 0.3 is 0 Å². The van der Waals surface area contributed by atoms with Gasteiger partial charge in [0.1, 0.15) is 11.5 Å². The van der Waals surface area contributed by atoms with E-state index in [0.717, 1.165) is 44.7 Å². The first-order chi connectivity index (χ1) is 47.1. The predicted molar refractivity (Wildman–Crippen MR) is 402 cm³/mol. The smallest absolute Gasteiger partial charge is 0.240 e. The Labute approximate surface area is 553 Å². The molecule has 2 aliphatic carbocycles. The second-order valence-electron chi connectivity index (χ2n) is 26.3. The number of rotatable bonds is 8. The quantitative estimate of drug-likeness (QED) is 0.142. The van der Waals surface area contributed by atoms with Crippen LogP contribution < -0.4 is 75.0 Å². The van der Waals surface area contributed by atoms with Gasteiger partial charge in [-0.2, -0.15) is 0 Å². The molecule has 0 N–H and O–H groups in total. The van der Waals surface area contributed by atoms with Gasteiger partial charge in [-0.25, -0.2) is 0 Å². The molecule has 14 aromatic carbocycles. The van der Waals surface area contributed by atoms with Crippen LogP contribution in [0.15, 0.2) is 315 Å². The molecule has 0 amide bonds. The maximum atomic E-state index is 5.95. The highest BCUT2D eigenvalue weighted by atomic mass is 16.5. The Kier molecular flexibility index (Phi) is 11.8. The average Bonchev–Trinajstić information content (AvgIpc) is 1.61. The molecule has 8 heteroatoms. The topological polar surface area (TPSA) is 28.3 Å². The average molecular weight is 1210 g/mol. The van der Waals surface area contributed by atoms with E-state index < -0.39 is 5.41 Å². The SMILES string of the molecule is COc1ccc2c(c1)c1cc(OC)ccc1n2-c1ccc2c(c1)-c1c(ccc3c1B(c1ccccc1)c1ccccc1B3c1ccccc1)C21c2ccc(-n3c4ccccc4c4ccccc43)cc2-c2c1ccc1c2B(c2ccccc2)c2ccccc2B1c1ccccc1. The lowest BCUT2D eigenvalue weighted by atomic mass is 9.20. The molecule has 4 heterocycles. The molecule has 0 saturated heterocycles. The fraction of sp³-hybridized carbons (Fsp3) is 0.0345. The van der Waals surface area contributed by atoms with Crippen molar-refractivity contribution in [3.8, 4) is 45.1 Å². The molecule has 20 rings (SSSR count). The van der Waals surface area contributed by atoms with Crippen LogP contribution in [0, 0.1) is 0 Å². The van der Waals surface area contributed by atoms with E-state index in [1.165, 1.54) is 132 Å². The summed E-state index contributed by atoms with van der Waals surface area (Å²) < 4.78 is 16.9. The van der Waals surface area contributed by atoms with Gasteiger partial charge in [0.15, 0.2) is 0 Å². The van der Waals surface area contributed by atoms with Crippen molar-refractivity contribution >= 4 is 136 Å².